The highest BCUT2D eigenvalue weighted by Gasteiger charge is 2.18. The van der Waals surface area contributed by atoms with Gasteiger partial charge in [-0.1, -0.05) is 39.0 Å². The van der Waals surface area contributed by atoms with Crippen molar-refractivity contribution in [2.75, 3.05) is 13.2 Å². The Morgan fingerprint density at radius 3 is 2.42 bits per heavy atom. The van der Waals surface area contributed by atoms with Crippen molar-refractivity contribution in [1.82, 2.24) is 5.43 Å². The molecule has 5 heteroatoms. The molecular formula is C21H26N2O3. The lowest BCUT2D eigenvalue weighted by Crippen LogP contribution is -2.25. The molecule has 5 nitrogen and oxygen atoms in total. The fourth-order valence-electron chi connectivity index (χ4n) is 2.38. The zero-order chi connectivity index (χ0) is 19.0. The summed E-state index contributed by atoms with van der Waals surface area (Å²) >= 11 is 0. The van der Waals surface area contributed by atoms with Crippen LogP contribution in [0.1, 0.15) is 38.8 Å². The highest BCUT2D eigenvalue weighted by atomic mass is 16.5. The van der Waals surface area contributed by atoms with Crippen molar-refractivity contribution in [3.63, 3.8) is 0 Å². The standard InChI is InChI=1S/C21H26N2O3/c1-5-25-17-12-10-16(11-13-17)14-22-23-20(24)15-26-19-9-7-6-8-18(19)21(2,3)4/h6-14H,5,15H2,1-4H3,(H,23,24). The number of amides is 1. The van der Waals surface area contributed by atoms with Crippen molar-refractivity contribution in [3.05, 3.63) is 59.7 Å². The molecular weight excluding hydrogens is 328 g/mol. The number of benzene rings is 2. The molecule has 0 aliphatic heterocycles. The van der Waals surface area contributed by atoms with Crippen LogP contribution in [-0.4, -0.2) is 25.3 Å². The molecule has 1 amide bonds. The van der Waals surface area contributed by atoms with E-state index in [9.17, 15) is 4.79 Å². The van der Waals surface area contributed by atoms with Gasteiger partial charge in [0, 0.05) is 0 Å². The molecule has 2 aromatic rings. The normalized spacial score (nSPS) is 11.4. The average Bonchev–Trinajstić information content (AvgIpc) is 2.61. The summed E-state index contributed by atoms with van der Waals surface area (Å²) in [5, 5.41) is 3.96. The van der Waals surface area contributed by atoms with Gasteiger partial charge in [0.05, 0.1) is 12.8 Å². The highest BCUT2D eigenvalue weighted by molar-refractivity contribution is 5.83. The van der Waals surface area contributed by atoms with Crippen molar-refractivity contribution in [3.8, 4) is 11.5 Å². The summed E-state index contributed by atoms with van der Waals surface area (Å²) in [5.74, 6) is 1.21. The van der Waals surface area contributed by atoms with Gasteiger partial charge in [-0.05, 0) is 53.8 Å². The molecule has 0 spiro atoms. The zero-order valence-corrected chi connectivity index (χ0v) is 15.8. The molecule has 138 valence electrons. The van der Waals surface area contributed by atoms with Crippen LogP contribution < -0.4 is 14.9 Å². The Kier molecular flexibility index (Phi) is 6.78. The second kappa shape index (κ2) is 9.04. The van der Waals surface area contributed by atoms with Gasteiger partial charge in [-0.2, -0.15) is 5.10 Å². The smallest absolute Gasteiger partial charge is 0.277 e. The largest absolute Gasteiger partial charge is 0.494 e. The number of hydrogen-bond donors (Lipinski definition) is 1. The first-order valence-corrected chi connectivity index (χ1v) is 8.67. The van der Waals surface area contributed by atoms with Crippen molar-refractivity contribution in [1.29, 1.82) is 0 Å². The number of carbonyl (C=O) groups is 1. The second-order valence-electron chi connectivity index (χ2n) is 6.83. The number of para-hydroxylation sites is 1. The summed E-state index contributed by atoms with van der Waals surface area (Å²) in [5.41, 5.74) is 4.35. The van der Waals surface area contributed by atoms with Crippen LogP contribution in [0.3, 0.4) is 0 Å². The van der Waals surface area contributed by atoms with Gasteiger partial charge in [0.1, 0.15) is 11.5 Å². The lowest BCUT2D eigenvalue weighted by molar-refractivity contribution is -0.123. The number of ether oxygens (including phenoxy) is 2. The molecule has 0 atom stereocenters. The molecule has 0 heterocycles. The van der Waals surface area contributed by atoms with Gasteiger partial charge >= 0.3 is 0 Å². The average molecular weight is 354 g/mol. The van der Waals surface area contributed by atoms with Crippen molar-refractivity contribution in [2.45, 2.75) is 33.1 Å². The Balaban J connectivity index is 1.86. The highest BCUT2D eigenvalue weighted by Crippen LogP contribution is 2.30. The lowest BCUT2D eigenvalue weighted by Gasteiger charge is -2.22. The van der Waals surface area contributed by atoms with Gasteiger partial charge in [0.15, 0.2) is 6.61 Å². The molecule has 0 aromatic heterocycles. The predicted molar refractivity (Wildman–Crippen MR) is 104 cm³/mol. The van der Waals surface area contributed by atoms with Gasteiger partial charge in [-0.15, -0.1) is 0 Å². The Morgan fingerprint density at radius 1 is 1.08 bits per heavy atom. The first-order chi connectivity index (χ1) is 12.4. The van der Waals surface area contributed by atoms with Gasteiger partial charge in [-0.3, -0.25) is 4.79 Å². The SMILES string of the molecule is CCOc1ccc(C=NNC(=O)COc2ccccc2C(C)(C)C)cc1. The quantitative estimate of drug-likeness (QED) is 0.606. The van der Waals surface area contributed by atoms with E-state index in [0.29, 0.717) is 12.4 Å². The molecule has 0 aliphatic rings. The first kappa shape index (κ1) is 19.5. The molecule has 0 fully saturated rings. The predicted octanol–water partition coefficient (Wildman–Crippen LogP) is 3.91. The van der Waals surface area contributed by atoms with Crippen LogP contribution >= 0.6 is 0 Å². The summed E-state index contributed by atoms with van der Waals surface area (Å²) in [6.07, 6.45) is 1.58. The zero-order valence-electron chi connectivity index (χ0n) is 15.8. The van der Waals surface area contributed by atoms with E-state index < -0.39 is 0 Å². The van der Waals surface area contributed by atoms with Crippen molar-refractivity contribution in [2.24, 2.45) is 5.10 Å². The fourth-order valence-corrected chi connectivity index (χ4v) is 2.38. The molecule has 0 radical (unpaired) electrons. The van der Waals surface area contributed by atoms with Gasteiger partial charge < -0.3 is 9.47 Å². The minimum absolute atomic E-state index is 0.0567. The van der Waals surface area contributed by atoms with Gasteiger partial charge in [-0.25, -0.2) is 5.43 Å². The van der Waals surface area contributed by atoms with E-state index >= 15 is 0 Å². The van der Waals surface area contributed by atoms with Crippen LogP contribution in [0.5, 0.6) is 11.5 Å². The number of nitrogens with one attached hydrogen (secondary N) is 1. The van der Waals surface area contributed by atoms with Crippen LogP contribution in [-0.2, 0) is 10.2 Å². The maximum Gasteiger partial charge on any atom is 0.277 e. The Labute approximate surface area is 155 Å². The number of rotatable bonds is 7. The second-order valence-corrected chi connectivity index (χ2v) is 6.83. The van der Waals surface area contributed by atoms with Crippen LogP contribution in [0.2, 0.25) is 0 Å². The Hall–Kier alpha value is -2.82. The van der Waals surface area contributed by atoms with Crippen LogP contribution in [0.15, 0.2) is 53.6 Å². The van der Waals surface area contributed by atoms with E-state index in [0.717, 1.165) is 16.9 Å². The Bertz CT molecular complexity index is 747. The molecule has 0 unspecified atom stereocenters. The topological polar surface area (TPSA) is 59.9 Å². The number of nitrogens with zero attached hydrogens (tertiary/aromatic N) is 1. The van der Waals surface area contributed by atoms with E-state index in [2.05, 4.69) is 31.3 Å². The van der Waals surface area contributed by atoms with Crippen molar-refractivity contribution >= 4 is 12.1 Å². The van der Waals surface area contributed by atoms with Crippen LogP contribution in [0.25, 0.3) is 0 Å². The Morgan fingerprint density at radius 2 is 1.77 bits per heavy atom. The van der Waals surface area contributed by atoms with Crippen molar-refractivity contribution < 1.29 is 14.3 Å². The number of hydrogen-bond acceptors (Lipinski definition) is 4. The molecule has 0 saturated carbocycles. The van der Waals surface area contributed by atoms with E-state index in [-0.39, 0.29) is 17.9 Å². The van der Waals surface area contributed by atoms with Crippen LogP contribution in [0.4, 0.5) is 0 Å². The molecule has 26 heavy (non-hydrogen) atoms. The minimum atomic E-state index is -0.309. The summed E-state index contributed by atoms with van der Waals surface area (Å²) < 4.78 is 11.0. The van der Waals surface area contributed by atoms with E-state index in [1.807, 2.05) is 55.5 Å². The maximum atomic E-state index is 11.9. The summed E-state index contributed by atoms with van der Waals surface area (Å²) in [6, 6.07) is 15.2. The van der Waals surface area contributed by atoms with E-state index in [4.69, 9.17) is 9.47 Å². The van der Waals surface area contributed by atoms with Gasteiger partial charge in [0.25, 0.3) is 5.91 Å². The third kappa shape index (κ3) is 5.92. The summed E-state index contributed by atoms with van der Waals surface area (Å²) in [4.78, 5) is 11.9. The maximum absolute atomic E-state index is 11.9. The minimum Gasteiger partial charge on any atom is -0.494 e. The molecule has 0 bridgehead atoms. The third-order valence-corrected chi connectivity index (χ3v) is 3.65. The third-order valence-electron chi connectivity index (χ3n) is 3.65. The molecule has 2 rings (SSSR count). The molecule has 0 aliphatic carbocycles. The first-order valence-electron chi connectivity index (χ1n) is 8.67. The van der Waals surface area contributed by atoms with Crippen LogP contribution in [0, 0.1) is 0 Å². The molecule has 2 aromatic carbocycles. The molecule has 0 saturated heterocycles. The number of carbonyl (C=O) groups excluding carboxylic acids is 1. The summed E-state index contributed by atoms with van der Waals surface area (Å²) in [7, 11) is 0. The fraction of sp³-hybridized carbons (Fsp3) is 0.333. The lowest BCUT2D eigenvalue weighted by atomic mass is 9.86. The molecule has 1 N–H and O–H groups in total. The van der Waals surface area contributed by atoms with E-state index in [1.165, 1.54) is 0 Å². The summed E-state index contributed by atoms with van der Waals surface area (Å²) in [6.45, 7) is 8.80. The van der Waals surface area contributed by atoms with Gasteiger partial charge in [0.2, 0.25) is 0 Å². The number of hydrazone groups is 1. The monoisotopic (exact) mass is 354 g/mol. The van der Waals surface area contributed by atoms with E-state index in [1.54, 1.807) is 6.21 Å².